The van der Waals surface area contributed by atoms with Crippen LogP contribution in [0.15, 0.2) is 11.6 Å². The molecule has 11 heavy (non-hydrogen) atoms. The van der Waals surface area contributed by atoms with Crippen molar-refractivity contribution in [2.24, 2.45) is 11.8 Å². The van der Waals surface area contributed by atoms with Gasteiger partial charge in [0.05, 0.1) is 4.83 Å². The van der Waals surface area contributed by atoms with Crippen LogP contribution in [-0.4, -0.2) is 4.98 Å². The molecule has 1 aliphatic rings. The summed E-state index contributed by atoms with van der Waals surface area (Å²) in [5.74, 6) is 1.73. The van der Waals surface area contributed by atoms with Crippen LogP contribution >= 0.6 is 27.3 Å². The summed E-state index contributed by atoms with van der Waals surface area (Å²) < 4.78 is 0. The molecule has 3 atom stereocenters. The Bertz CT molecular complexity index is 234. The number of hydrogen-bond donors (Lipinski definition) is 0. The molecule has 1 nitrogen and oxygen atoms in total. The second-order valence-corrected chi connectivity index (χ2v) is 5.06. The van der Waals surface area contributed by atoms with Crippen LogP contribution in [-0.2, 0) is 0 Å². The van der Waals surface area contributed by atoms with Crippen molar-refractivity contribution in [3.05, 3.63) is 16.6 Å². The molecule has 0 spiro atoms. The summed E-state index contributed by atoms with van der Waals surface area (Å²) in [6.07, 6.45) is 3.23. The van der Waals surface area contributed by atoms with E-state index in [9.17, 15) is 0 Å². The molecule has 3 unspecified atom stereocenters. The molecule has 1 aromatic rings. The molecule has 60 valence electrons. The van der Waals surface area contributed by atoms with Gasteiger partial charge in [-0.2, -0.15) is 0 Å². The Morgan fingerprint density at radius 3 is 3.00 bits per heavy atom. The van der Waals surface area contributed by atoms with Gasteiger partial charge in [0.1, 0.15) is 5.01 Å². The summed E-state index contributed by atoms with van der Waals surface area (Å²) in [6.45, 7) is 2.30. The molecule has 0 aliphatic heterocycles. The van der Waals surface area contributed by atoms with E-state index in [1.165, 1.54) is 11.4 Å². The lowest BCUT2D eigenvalue weighted by Gasteiger charge is -2.02. The number of nitrogens with zero attached hydrogens (tertiary/aromatic N) is 1. The van der Waals surface area contributed by atoms with Crippen LogP contribution in [0.1, 0.15) is 23.2 Å². The monoisotopic (exact) mass is 231 g/mol. The van der Waals surface area contributed by atoms with E-state index in [0.717, 1.165) is 11.8 Å². The zero-order chi connectivity index (χ0) is 7.84. The largest absolute Gasteiger partial charge is 0.248 e. The molecular formula is C8H10BrNS. The standard InChI is InChI=1S/C8H10BrNS/c1-5-4-6(5)7(9)8-10-2-3-11-8/h2-3,5-7H,4H2,1H3. The average Bonchev–Trinajstić information content (AvgIpc) is 2.56. The minimum absolute atomic E-state index is 0.512. The lowest BCUT2D eigenvalue weighted by molar-refractivity contribution is 0.736. The first-order valence-electron chi connectivity index (χ1n) is 3.82. The van der Waals surface area contributed by atoms with E-state index < -0.39 is 0 Å². The average molecular weight is 232 g/mol. The van der Waals surface area contributed by atoms with Crippen LogP contribution in [0.4, 0.5) is 0 Å². The van der Waals surface area contributed by atoms with Crippen molar-refractivity contribution in [2.75, 3.05) is 0 Å². The topological polar surface area (TPSA) is 12.9 Å². The van der Waals surface area contributed by atoms with Gasteiger partial charge in [0, 0.05) is 11.6 Å². The van der Waals surface area contributed by atoms with Crippen molar-refractivity contribution in [2.45, 2.75) is 18.2 Å². The van der Waals surface area contributed by atoms with Crippen molar-refractivity contribution in [1.82, 2.24) is 4.98 Å². The smallest absolute Gasteiger partial charge is 0.106 e. The maximum absolute atomic E-state index is 4.28. The van der Waals surface area contributed by atoms with E-state index in [1.807, 2.05) is 11.6 Å². The zero-order valence-electron chi connectivity index (χ0n) is 6.33. The Hall–Kier alpha value is 0.110. The van der Waals surface area contributed by atoms with Gasteiger partial charge in [0.15, 0.2) is 0 Å². The molecule has 1 aromatic heterocycles. The summed E-state index contributed by atoms with van der Waals surface area (Å²) in [5, 5.41) is 3.27. The minimum Gasteiger partial charge on any atom is -0.248 e. The van der Waals surface area contributed by atoms with Crippen molar-refractivity contribution in [1.29, 1.82) is 0 Å². The van der Waals surface area contributed by atoms with Crippen LogP contribution in [0.25, 0.3) is 0 Å². The Morgan fingerprint density at radius 1 is 1.82 bits per heavy atom. The maximum Gasteiger partial charge on any atom is 0.106 e. The molecule has 1 saturated carbocycles. The first kappa shape index (κ1) is 7.74. The zero-order valence-corrected chi connectivity index (χ0v) is 8.73. The first-order valence-corrected chi connectivity index (χ1v) is 5.62. The molecule has 0 radical (unpaired) electrons. The van der Waals surface area contributed by atoms with Crippen molar-refractivity contribution in [3.8, 4) is 0 Å². The molecule has 1 fully saturated rings. The van der Waals surface area contributed by atoms with Crippen LogP contribution < -0.4 is 0 Å². The predicted octanol–water partition coefficient (Wildman–Crippen LogP) is 3.24. The summed E-state index contributed by atoms with van der Waals surface area (Å²) in [7, 11) is 0. The fourth-order valence-electron chi connectivity index (χ4n) is 1.31. The van der Waals surface area contributed by atoms with E-state index in [2.05, 4.69) is 27.8 Å². The Kier molecular flexibility index (Phi) is 2.02. The van der Waals surface area contributed by atoms with Crippen LogP contribution in [0.5, 0.6) is 0 Å². The molecule has 2 rings (SSSR count). The third-order valence-corrected chi connectivity index (χ3v) is 4.51. The lowest BCUT2D eigenvalue weighted by atomic mass is 10.2. The number of aromatic nitrogens is 1. The number of rotatable bonds is 2. The van der Waals surface area contributed by atoms with Crippen molar-refractivity contribution in [3.63, 3.8) is 0 Å². The molecule has 0 amide bonds. The van der Waals surface area contributed by atoms with Crippen LogP contribution in [0, 0.1) is 11.8 Å². The normalized spacial score (nSPS) is 31.8. The molecule has 1 aliphatic carbocycles. The quantitative estimate of drug-likeness (QED) is 0.713. The van der Waals surface area contributed by atoms with Crippen molar-refractivity contribution < 1.29 is 0 Å². The van der Waals surface area contributed by atoms with Gasteiger partial charge in [-0.3, -0.25) is 0 Å². The van der Waals surface area contributed by atoms with Gasteiger partial charge in [-0.25, -0.2) is 4.98 Å². The maximum atomic E-state index is 4.28. The fraction of sp³-hybridized carbons (Fsp3) is 0.625. The number of thiazole rings is 1. The minimum atomic E-state index is 0.512. The second-order valence-electron chi connectivity index (χ2n) is 3.15. The summed E-state index contributed by atoms with van der Waals surface area (Å²) in [6, 6.07) is 0. The summed E-state index contributed by atoms with van der Waals surface area (Å²) in [4.78, 5) is 4.80. The van der Waals surface area contributed by atoms with Gasteiger partial charge >= 0.3 is 0 Å². The highest BCUT2D eigenvalue weighted by Crippen LogP contribution is 2.51. The predicted molar refractivity (Wildman–Crippen MR) is 51.1 cm³/mol. The molecule has 0 N–H and O–H groups in total. The van der Waals surface area contributed by atoms with Gasteiger partial charge in [-0.15, -0.1) is 11.3 Å². The number of halogens is 1. The van der Waals surface area contributed by atoms with Gasteiger partial charge in [-0.05, 0) is 18.3 Å². The molecular weight excluding hydrogens is 222 g/mol. The molecule has 0 aromatic carbocycles. The van der Waals surface area contributed by atoms with Gasteiger partial charge in [0.2, 0.25) is 0 Å². The molecule has 0 bridgehead atoms. The van der Waals surface area contributed by atoms with E-state index >= 15 is 0 Å². The highest BCUT2D eigenvalue weighted by atomic mass is 79.9. The van der Waals surface area contributed by atoms with Gasteiger partial charge in [-0.1, -0.05) is 22.9 Å². The third-order valence-electron chi connectivity index (χ3n) is 2.23. The fourth-order valence-corrected chi connectivity index (χ4v) is 3.18. The number of hydrogen-bond acceptors (Lipinski definition) is 2. The third kappa shape index (κ3) is 1.49. The van der Waals surface area contributed by atoms with E-state index in [4.69, 9.17) is 0 Å². The Morgan fingerprint density at radius 2 is 2.55 bits per heavy atom. The number of alkyl halides is 1. The van der Waals surface area contributed by atoms with Gasteiger partial charge in [0.25, 0.3) is 0 Å². The highest BCUT2D eigenvalue weighted by molar-refractivity contribution is 9.09. The Balaban J connectivity index is 2.06. The summed E-state index contributed by atoms with van der Waals surface area (Å²) >= 11 is 5.42. The summed E-state index contributed by atoms with van der Waals surface area (Å²) in [5.41, 5.74) is 0. The SMILES string of the molecule is CC1CC1C(Br)c1nccs1. The first-order chi connectivity index (χ1) is 5.29. The molecule has 1 heterocycles. The van der Waals surface area contributed by atoms with E-state index in [1.54, 1.807) is 11.3 Å². The lowest BCUT2D eigenvalue weighted by Crippen LogP contribution is -1.91. The molecule has 3 heteroatoms. The van der Waals surface area contributed by atoms with Crippen LogP contribution in [0.2, 0.25) is 0 Å². The van der Waals surface area contributed by atoms with Gasteiger partial charge < -0.3 is 0 Å². The van der Waals surface area contributed by atoms with Crippen molar-refractivity contribution >= 4 is 27.3 Å². The Labute approximate surface area is 79.0 Å². The molecule has 0 saturated heterocycles. The highest BCUT2D eigenvalue weighted by Gasteiger charge is 2.39. The second kappa shape index (κ2) is 2.87. The van der Waals surface area contributed by atoms with E-state index in [0.29, 0.717) is 4.83 Å². The van der Waals surface area contributed by atoms with E-state index in [-0.39, 0.29) is 0 Å². The van der Waals surface area contributed by atoms with Crippen LogP contribution in [0.3, 0.4) is 0 Å².